The maximum Gasteiger partial charge on any atom is 0.257 e. The molecule has 8 nitrogen and oxygen atoms in total. The van der Waals surface area contributed by atoms with Crippen LogP contribution < -0.4 is 25.8 Å². The van der Waals surface area contributed by atoms with Crippen molar-refractivity contribution in [2.45, 2.75) is 0 Å². The second kappa shape index (κ2) is 8.58. The first-order valence-corrected chi connectivity index (χ1v) is 9.48. The fourth-order valence-corrected chi connectivity index (χ4v) is 3.16. The van der Waals surface area contributed by atoms with Gasteiger partial charge in [0.15, 0.2) is 11.5 Å². The third kappa shape index (κ3) is 4.18. The standard InChI is InChI=1S/C23H21N5O3/c1-30-20-11-17-19(12-21(20)31-2)25-13-26-22(17)27-14-7-9-15(10-8-14)28-23(29)16-5-3-4-6-18(16)24/h3-13H,24H2,1-2H3,(H,28,29)(H,25,26,27). The van der Waals surface area contributed by atoms with Gasteiger partial charge in [-0.05, 0) is 42.5 Å². The van der Waals surface area contributed by atoms with E-state index in [2.05, 4.69) is 20.6 Å². The van der Waals surface area contributed by atoms with E-state index >= 15 is 0 Å². The molecule has 3 aromatic carbocycles. The first-order chi connectivity index (χ1) is 15.1. The van der Waals surface area contributed by atoms with E-state index in [1.165, 1.54) is 6.33 Å². The summed E-state index contributed by atoms with van der Waals surface area (Å²) in [6.45, 7) is 0. The van der Waals surface area contributed by atoms with Gasteiger partial charge in [-0.3, -0.25) is 4.79 Å². The molecule has 0 bridgehead atoms. The number of carbonyl (C=O) groups excluding carboxylic acids is 1. The lowest BCUT2D eigenvalue weighted by Crippen LogP contribution is -2.13. The molecule has 0 aliphatic rings. The van der Waals surface area contributed by atoms with Gasteiger partial charge in [-0.15, -0.1) is 0 Å². The van der Waals surface area contributed by atoms with Crippen LogP contribution in [-0.4, -0.2) is 30.1 Å². The first kappa shape index (κ1) is 20.0. The van der Waals surface area contributed by atoms with Gasteiger partial charge in [0.25, 0.3) is 5.91 Å². The number of carbonyl (C=O) groups is 1. The van der Waals surface area contributed by atoms with Crippen LogP contribution in [0.1, 0.15) is 10.4 Å². The molecule has 8 heteroatoms. The van der Waals surface area contributed by atoms with Crippen molar-refractivity contribution < 1.29 is 14.3 Å². The highest BCUT2D eigenvalue weighted by atomic mass is 16.5. The molecular formula is C23H21N5O3. The molecule has 1 aromatic heterocycles. The van der Waals surface area contributed by atoms with E-state index in [4.69, 9.17) is 15.2 Å². The number of benzene rings is 3. The molecule has 0 aliphatic heterocycles. The highest BCUT2D eigenvalue weighted by Gasteiger charge is 2.12. The molecule has 4 N–H and O–H groups in total. The summed E-state index contributed by atoms with van der Waals surface area (Å²) in [5, 5.41) is 6.91. The maximum atomic E-state index is 12.4. The number of aromatic nitrogens is 2. The number of anilines is 4. The smallest absolute Gasteiger partial charge is 0.257 e. The Balaban J connectivity index is 1.55. The number of ether oxygens (including phenoxy) is 2. The Hall–Kier alpha value is -4.33. The van der Waals surface area contributed by atoms with Crippen LogP contribution in [0.25, 0.3) is 10.9 Å². The van der Waals surface area contributed by atoms with E-state index in [9.17, 15) is 4.79 Å². The summed E-state index contributed by atoms with van der Waals surface area (Å²) >= 11 is 0. The third-order valence-electron chi connectivity index (χ3n) is 4.75. The number of methoxy groups -OCH3 is 2. The highest BCUT2D eigenvalue weighted by Crippen LogP contribution is 2.34. The largest absolute Gasteiger partial charge is 0.493 e. The van der Waals surface area contributed by atoms with E-state index in [0.717, 1.165) is 16.6 Å². The van der Waals surface area contributed by atoms with Gasteiger partial charge in [0.05, 0.1) is 25.3 Å². The molecule has 0 fully saturated rings. The van der Waals surface area contributed by atoms with Crippen molar-refractivity contribution in [3.63, 3.8) is 0 Å². The molecule has 0 saturated carbocycles. The second-order valence-electron chi connectivity index (χ2n) is 6.69. The second-order valence-corrected chi connectivity index (χ2v) is 6.69. The molecule has 0 radical (unpaired) electrons. The zero-order valence-corrected chi connectivity index (χ0v) is 17.0. The van der Waals surface area contributed by atoms with E-state index in [0.29, 0.717) is 34.3 Å². The molecule has 0 aliphatic carbocycles. The van der Waals surface area contributed by atoms with Crippen molar-refractivity contribution >= 4 is 39.7 Å². The molecule has 1 amide bonds. The maximum absolute atomic E-state index is 12.4. The lowest BCUT2D eigenvalue weighted by Gasteiger charge is -2.12. The fourth-order valence-electron chi connectivity index (χ4n) is 3.16. The summed E-state index contributed by atoms with van der Waals surface area (Å²) < 4.78 is 10.7. The van der Waals surface area contributed by atoms with Crippen molar-refractivity contribution in [3.05, 3.63) is 72.6 Å². The number of para-hydroxylation sites is 1. The Bertz CT molecular complexity index is 1240. The number of rotatable bonds is 6. The summed E-state index contributed by atoms with van der Waals surface area (Å²) in [5.74, 6) is 1.55. The molecule has 0 unspecified atom stereocenters. The Morgan fingerprint density at radius 2 is 1.58 bits per heavy atom. The Labute approximate surface area is 179 Å². The molecule has 156 valence electrons. The summed E-state index contributed by atoms with van der Waals surface area (Å²) in [7, 11) is 3.16. The zero-order chi connectivity index (χ0) is 21.8. The van der Waals surface area contributed by atoms with Crippen LogP contribution in [0.5, 0.6) is 11.5 Å². The number of nitrogens with one attached hydrogen (secondary N) is 2. The number of hydrogen-bond acceptors (Lipinski definition) is 7. The average Bonchev–Trinajstić information content (AvgIpc) is 2.80. The van der Waals surface area contributed by atoms with Crippen LogP contribution >= 0.6 is 0 Å². The predicted molar refractivity (Wildman–Crippen MR) is 121 cm³/mol. The van der Waals surface area contributed by atoms with Gasteiger partial charge in [-0.2, -0.15) is 0 Å². The minimum Gasteiger partial charge on any atom is -0.493 e. The lowest BCUT2D eigenvalue weighted by molar-refractivity contribution is 0.102. The van der Waals surface area contributed by atoms with E-state index < -0.39 is 0 Å². The third-order valence-corrected chi connectivity index (χ3v) is 4.75. The number of nitrogens with zero attached hydrogens (tertiary/aromatic N) is 2. The molecule has 31 heavy (non-hydrogen) atoms. The number of fused-ring (bicyclic) bond motifs is 1. The SMILES string of the molecule is COc1cc2ncnc(Nc3ccc(NC(=O)c4ccccc4N)cc3)c2cc1OC. The quantitative estimate of drug-likeness (QED) is 0.404. The topological polar surface area (TPSA) is 111 Å². The van der Waals surface area contributed by atoms with Crippen LogP contribution in [0.4, 0.5) is 22.9 Å². The van der Waals surface area contributed by atoms with Gasteiger partial charge in [-0.1, -0.05) is 12.1 Å². The Kier molecular flexibility index (Phi) is 5.53. The summed E-state index contributed by atoms with van der Waals surface area (Å²) in [5.41, 5.74) is 8.90. The molecule has 0 atom stereocenters. The van der Waals surface area contributed by atoms with Crippen molar-refractivity contribution in [2.75, 3.05) is 30.6 Å². The highest BCUT2D eigenvalue weighted by molar-refractivity contribution is 6.07. The first-order valence-electron chi connectivity index (χ1n) is 9.48. The Morgan fingerprint density at radius 3 is 2.29 bits per heavy atom. The monoisotopic (exact) mass is 415 g/mol. The molecule has 0 spiro atoms. The molecule has 4 aromatic rings. The van der Waals surface area contributed by atoms with Crippen LogP contribution in [0.15, 0.2) is 67.0 Å². The van der Waals surface area contributed by atoms with Gasteiger partial charge < -0.3 is 25.8 Å². The number of nitrogen functional groups attached to an aromatic ring is 1. The van der Waals surface area contributed by atoms with Crippen LogP contribution in [0.2, 0.25) is 0 Å². The normalized spacial score (nSPS) is 10.5. The molecule has 0 saturated heterocycles. The van der Waals surface area contributed by atoms with E-state index in [1.807, 2.05) is 18.2 Å². The van der Waals surface area contributed by atoms with E-state index in [-0.39, 0.29) is 5.91 Å². The zero-order valence-electron chi connectivity index (χ0n) is 17.0. The van der Waals surface area contributed by atoms with E-state index in [1.54, 1.807) is 56.7 Å². The lowest BCUT2D eigenvalue weighted by atomic mass is 10.1. The number of nitrogens with two attached hydrogens (primary N) is 1. The molecule has 1 heterocycles. The minimum absolute atomic E-state index is 0.262. The van der Waals surface area contributed by atoms with Gasteiger partial charge in [0.2, 0.25) is 0 Å². The van der Waals surface area contributed by atoms with Crippen LogP contribution in [0.3, 0.4) is 0 Å². The van der Waals surface area contributed by atoms with Crippen molar-refractivity contribution in [3.8, 4) is 11.5 Å². The number of amides is 1. The molecular weight excluding hydrogens is 394 g/mol. The summed E-state index contributed by atoms with van der Waals surface area (Å²) in [6.07, 6.45) is 1.48. The van der Waals surface area contributed by atoms with Crippen LogP contribution in [0, 0.1) is 0 Å². The number of hydrogen-bond donors (Lipinski definition) is 3. The van der Waals surface area contributed by atoms with Crippen molar-refractivity contribution in [2.24, 2.45) is 0 Å². The van der Waals surface area contributed by atoms with Gasteiger partial charge >= 0.3 is 0 Å². The minimum atomic E-state index is -0.262. The van der Waals surface area contributed by atoms with Crippen molar-refractivity contribution in [1.82, 2.24) is 9.97 Å². The van der Waals surface area contributed by atoms with Gasteiger partial charge in [0, 0.05) is 28.5 Å². The predicted octanol–water partition coefficient (Wildman–Crippen LogP) is 4.23. The van der Waals surface area contributed by atoms with Gasteiger partial charge in [0.1, 0.15) is 12.1 Å². The summed E-state index contributed by atoms with van der Waals surface area (Å²) in [4.78, 5) is 21.1. The summed E-state index contributed by atoms with van der Waals surface area (Å²) in [6, 6.07) is 17.9. The fraction of sp³-hybridized carbons (Fsp3) is 0.0870. The Morgan fingerprint density at radius 1 is 0.903 bits per heavy atom. The van der Waals surface area contributed by atoms with Crippen molar-refractivity contribution in [1.29, 1.82) is 0 Å². The molecule has 4 rings (SSSR count). The average molecular weight is 415 g/mol. The van der Waals surface area contributed by atoms with Crippen LogP contribution in [-0.2, 0) is 0 Å². The van der Waals surface area contributed by atoms with Gasteiger partial charge in [-0.25, -0.2) is 9.97 Å².